The van der Waals surface area contributed by atoms with Crippen LogP contribution in [0, 0.1) is 6.92 Å². The molecule has 0 bridgehead atoms. The quantitative estimate of drug-likeness (QED) is 0.874. The molecule has 2 unspecified atom stereocenters. The molecule has 0 aromatic heterocycles. The van der Waals surface area contributed by atoms with E-state index in [2.05, 4.69) is 49.9 Å². The zero-order valence-corrected chi connectivity index (χ0v) is 12.5. The number of aliphatic hydroxyl groups excluding tert-OH is 1. The van der Waals surface area contributed by atoms with Crippen LogP contribution in [0.1, 0.15) is 56.8 Å². The third kappa shape index (κ3) is 3.37. The van der Waals surface area contributed by atoms with Crippen LogP contribution in [-0.2, 0) is 0 Å². The average molecular weight is 261 g/mol. The summed E-state index contributed by atoms with van der Waals surface area (Å²) in [7, 11) is 0. The molecule has 1 aromatic carbocycles. The van der Waals surface area contributed by atoms with Crippen molar-refractivity contribution in [2.24, 2.45) is 0 Å². The molecule has 0 radical (unpaired) electrons. The van der Waals surface area contributed by atoms with Crippen LogP contribution in [0.3, 0.4) is 0 Å². The molecule has 1 fully saturated rings. The first-order valence-electron chi connectivity index (χ1n) is 7.64. The number of likely N-dealkylation sites (N-methyl/N-ethyl adjacent to an activating group) is 1. The Bertz CT molecular complexity index is 381. The molecule has 1 aromatic rings. The van der Waals surface area contributed by atoms with Gasteiger partial charge in [0.25, 0.3) is 0 Å². The molecule has 0 spiro atoms. The van der Waals surface area contributed by atoms with Crippen LogP contribution in [0.15, 0.2) is 24.3 Å². The van der Waals surface area contributed by atoms with E-state index in [9.17, 15) is 5.11 Å². The van der Waals surface area contributed by atoms with E-state index < -0.39 is 0 Å². The minimum atomic E-state index is -0.388. The molecule has 0 aliphatic heterocycles. The Morgan fingerprint density at radius 1 is 1.21 bits per heavy atom. The largest absolute Gasteiger partial charge is 0.387 e. The fraction of sp³-hybridized carbons (Fsp3) is 0.647. The summed E-state index contributed by atoms with van der Waals surface area (Å²) in [5.41, 5.74) is 2.28. The van der Waals surface area contributed by atoms with Crippen molar-refractivity contribution in [3.05, 3.63) is 35.4 Å². The molecule has 1 aliphatic carbocycles. The van der Waals surface area contributed by atoms with Gasteiger partial charge < -0.3 is 5.11 Å². The van der Waals surface area contributed by atoms with E-state index in [-0.39, 0.29) is 12.1 Å². The number of aliphatic hydroxyl groups is 1. The van der Waals surface area contributed by atoms with Crippen LogP contribution in [0.25, 0.3) is 0 Å². The summed E-state index contributed by atoms with van der Waals surface area (Å²) in [5, 5.41) is 10.6. The van der Waals surface area contributed by atoms with Crippen LogP contribution in [0.5, 0.6) is 0 Å². The lowest BCUT2D eigenvalue weighted by Crippen LogP contribution is -2.43. The number of rotatable bonds is 5. The Morgan fingerprint density at radius 2 is 1.79 bits per heavy atom. The Hall–Kier alpha value is -0.860. The van der Waals surface area contributed by atoms with E-state index in [1.165, 1.54) is 31.2 Å². The van der Waals surface area contributed by atoms with Gasteiger partial charge in [0.2, 0.25) is 0 Å². The molecule has 2 rings (SSSR count). The van der Waals surface area contributed by atoms with E-state index in [0.717, 1.165) is 12.1 Å². The number of benzene rings is 1. The zero-order chi connectivity index (χ0) is 13.8. The van der Waals surface area contributed by atoms with Gasteiger partial charge >= 0.3 is 0 Å². The van der Waals surface area contributed by atoms with Crippen molar-refractivity contribution in [1.82, 2.24) is 4.90 Å². The standard InChI is InChI=1S/C17H27NO/c1-4-18(16-7-5-6-8-16)14(3)17(19)15-11-9-13(2)10-12-15/h9-12,14,16-17,19H,4-8H2,1-3H3. The summed E-state index contributed by atoms with van der Waals surface area (Å²) in [4.78, 5) is 2.48. The van der Waals surface area contributed by atoms with Gasteiger partial charge in [0.1, 0.15) is 0 Å². The SMILES string of the molecule is CCN(C1CCCC1)C(C)C(O)c1ccc(C)cc1. The maximum atomic E-state index is 10.6. The van der Waals surface area contributed by atoms with Crippen molar-refractivity contribution in [2.45, 2.75) is 64.6 Å². The molecular weight excluding hydrogens is 234 g/mol. The van der Waals surface area contributed by atoms with Gasteiger partial charge in [-0.25, -0.2) is 0 Å². The Labute approximate surface area is 117 Å². The van der Waals surface area contributed by atoms with Crippen LogP contribution >= 0.6 is 0 Å². The third-order valence-corrected chi connectivity index (χ3v) is 4.56. The van der Waals surface area contributed by atoms with Crippen molar-refractivity contribution < 1.29 is 5.11 Å². The van der Waals surface area contributed by atoms with Gasteiger partial charge in [-0.2, -0.15) is 0 Å². The van der Waals surface area contributed by atoms with Gasteiger partial charge in [-0.1, -0.05) is 49.6 Å². The van der Waals surface area contributed by atoms with E-state index >= 15 is 0 Å². The lowest BCUT2D eigenvalue weighted by molar-refractivity contribution is 0.0365. The summed E-state index contributed by atoms with van der Waals surface area (Å²) < 4.78 is 0. The van der Waals surface area contributed by atoms with Crippen molar-refractivity contribution in [2.75, 3.05) is 6.54 Å². The molecule has 1 saturated carbocycles. The highest BCUT2D eigenvalue weighted by Crippen LogP contribution is 2.29. The first-order valence-corrected chi connectivity index (χ1v) is 7.64. The molecule has 0 amide bonds. The van der Waals surface area contributed by atoms with Gasteiger partial charge in [0.05, 0.1) is 6.10 Å². The Kier molecular flexibility index (Phi) is 5.00. The summed E-state index contributed by atoms with van der Waals surface area (Å²) in [6.45, 7) is 7.47. The maximum absolute atomic E-state index is 10.6. The first kappa shape index (κ1) is 14.5. The smallest absolute Gasteiger partial charge is 0.0942 e. The first-order chi connectivity index (χ1) is 9.13. The third-order valence-electron chi connectivity index (χ3n) is 4.56. The predicted octanol–water partition coefficient (Wildman–Crippen LogP) is 3.68. The highest BCUT2D eigenvalue weighted by molar-refractivity contribution is 5.24. The topological polar surface area (TPSA) is 23.5 Å². The van der Waals surface area contributed by atoms with Gasteiger partial charge in [0, 0.05) is 12.1 Å². The van der Waals surface area contributed by atoms with E-state index in [4.69, 9.17) is 0 Å². The summed E-state index contributed by atoms with van der Waals surface area (Å²) >= 11 is 0. The van der Waals surface area contributed by atoms with Gasteiger partial charge in [0.15, 0.2) is 0 Å². The van der Waals surface area contributed by atoms with Gasteiger partial charge in [-0.15, -0.1) is 0 Å². The number of aryl methyl sites for hydroxylation is 1. The van der Waals surface area contributed by atoms with Crippen molar-refractivity contribution >= 4 is 0 Å². The second kappa shape index (κ2) is 6.53. The van der Waals surface area contributed by atoms with Crippen LogP contribution in [0.4, 0.5) is 0 Å². The van der Waals surface area contributed by atoms with Crippen LogP contribution in [0.2, 0.25) is 0 Å². The van der Waals surface area contributed by atoms with Crippen molar-refractivity contribution in [1.29, 1.82) is 0 Å². The monoisotopic (exact) mass is 261 g/mol. The van der Waals surface area contributed by atoms with Crippen molar-refractivity contribution in [3.63, 3.8) is 0 Å². The highest BCUT2D eigenvalue weighted by atomic mass is 16.3. The Morgan fingerprint density at radius 3 is 2.32 bits per heavy atom. The Balaban J connectivity index is 2.07. The van der Waals surface area contributed by atoms with Gasteiger partial charge in [-0.3, -0.25) is 4.90 Å². The van der Waals surface area contributed by atoms with Crippen LogP contribution in [-0.4, -0.2) is 28.6 Å². The summed E-state index contributed by atoms with van der Waals surface area (Å²) in [5.74, 6) is 0. The second-order valence-corrected chi connectivity index (χ2v) is 5.86. The fourth-order valence-corrected chi connectivity index (χ4v) is 3.34. The second-order valence-electron chi connectivity index (χ2n) is 5.86. The number of hydrogen-bond acceptors (Lipinski definition) is 2. The van der Waals surface area contributed by atoms with E-state index in [0.29, 0.717) is 6.04 Å². The molecule has 0 saturated heterocycles. The van der Waals surface area contributed by atoms with Crippen LogP contribution < -0.4 is 0 Å². The number of nitrogens with zero attached hydrogens (tertiary/aromatic N) is 1. The fourth-order valence-electron chi connectivity index (χ4n) is 3.34. The summed E-state index contributed by atoms with van der Waals surface area (Å²) in [6, 6.07) is 9.13. The highest BCUT2D eigenvalue weighted by Gasteiger charge is 2.29. The average Bonchev–Trinajstić information content (AvgIpc) is 2.93. The van der Waals surface area contributed by atoms with Gasteiger partial charge in [-0.05, 0) is 38.8 Å². The van der Waals surface area contributed by atoms with Crippen molar-refractivity contribution in [3.8, 4) is 0 Å². The molecule has 19 heavy (non-hydrogen) atoms. The molecule has 2 nitrogen and oxygen atoms in total. The predicted molar refractivity (Wildman–Crippen MR) is 80.2 cm³/mol. The normalized spacial score (nSPS) is 19.8. The van der Waals surface area contributed by atoms with E-state index in [1.807, 2.05) is 0 Å². The molecule has 2 atom stereocenters. The zero-order valence-electron chi connectivity index (χ0n) is 12.5. The lowest BCUT2D eigenvalue weighted by atomic mass is 9.99. The lowest BCUT2D eigenvalue weighted by Gasteiger charge is -2.36. The molecule has 106 valence electrons. The molecule has 1 N–H and O–H groups in total. The minimum absolute atomic E-state index is 0.191. The molecule has 2 heteroatoms. The summed E-state index contributed by atoms with van der Waals surface area (Å²) in [6.07, 6.45) is 4.88. The molecule has 0 heterocycles. The maximum Gasteiger partial charge on any atom is 0.0942 e. The minimum Gasteiger partial charge on any atom is -0.387 e. The van der Waals surface area contributed by atoms with E-state index in [1.54, 1.807) is 0 Å². The number of hydrogen-bond donors (Lipinski definition) is 1. The molecule has 1 aliphatic rings. The molecular formula is C17H27NO.